The van der Waals surface area contributed by atoms with Crippen LogP contribution in [0.25, 0.3) is 0 Å². The van der Waals surface area contributed by atoms with Crippen LogP contribution in [0.5, 0.6) is 5.75 Å². The van der Waals surface area contributed by atoms with Crippen LogP contribution in [0.4, 0.5) is 4.79 Å². The summed E-state index contributed by atoms with van der Waals surface area (Å²) in [6, 6.07) is 5.47. The lowest BCUT2D eigenvalue weighted by molar-refractivity contribution is -0.144. The molecule has 166 valence electrons. The van der Waals surface area contributed by atoms with E-state index < -0.39 is 35.6 Å². The van der Waals surface area contributed by atoms with Crippen LogP contribution >= 0.6 is 0 Å². The molecule has 1 aromatic carbocycles. The molecule has 0 bridgehead atoms. The molecule has 0 saturated heterocycles. The molecule has 0 aromatic heterocycles. The summed E-state index contributed by atoms with van der Waals surface area (Å²) < 4.78 is 10.7. The monoisotopic (exact) mass is 423 g/mol. The molecule has 1 amide bonds. The van der Waals surface area contributed by atoms with Gasteiger partial charge >= 0.3 is 18.0 Å². The number of benzene rings is 1. The van der Waals surface area contributed by atoms with Crippen LogP contribution in [0.2, 0.25) is 0 Å². The number of hydrogen-bond acceptors (Lipinski definition) is 6. The SMILES string of the molecule is CC(C)(C)OC(=O)N[C@@H](C[C@H](Cc1ccc(O[C@H]2C[C@H](O)C2)cc1)C(=O)O)C(=O)O. The van der Waals surface area contributed by atoms with Crippen molar-refractivity contribution in [3.63, 3.8) is 0 Å². The van der Waals surface area contributed by atoms with Crippen molar-refractivity contribution in [3.8, 4) is 5.75 Å². The molecule has 0 spiro atoms. The lowest BCUT2D eigenvalue weighted by atomic mass is 9.92. The largest absolute Gasteiger partial charge is 0.490 e. The Morgan fingerprint density at radius 2 is 1.70 bits per heavy atom. The number of carboxylic acid groups (broad SMARTS) is 2. The number of amides is 1. The fourth-order valence-electron chi connectivity index (χ4n) is 3.04. The highest BCUT2D eigenvalue weighted by Gasteiger charge is 2.31. The Morgan fingerprint density at radius 1 is 1.10 bits per heavy atom. The second-order valence-corrected chi connectivity index (χ2v) is 8.52. The number of alkyl carbamates (subject to hydrolysis) is 1. The van der Waals surface area contributed by atoms with Crippen molar-refractivity contribution in [1.29, 1.82) is 0 Å². The van der Waals surface area contributed by atoms with E-state index in [1.54, 1.807) is 45.0 Å². The highest BCUT2D eigenvalue weighted by Crippen LogP contribution is 2.26. The first-order chi connectivity index (χ1) is 13.9. The van der Waals surface area contributed by atoms with Crippen molar-refractivity contribution in [2.24, 2.45) is 5.92 Å². The molecule has 4 N–H and O–H groups in total. The quantitative estimate of drug-likeness (QED) is 0.473. The topological polar surface area (TPSA) is 142 Å². The van der Waals surface area contributed by atoms with E-state index in [2.05, 4.69) is 5.32 Å². The van der Waals surface area contributed by atoms with Gasteiger partial charge in [-0.25, -0.2) is 9.59 Å². The Labute approximate surface area is 175 Å². The van der Waals surface area contributed by atoms with Gasteiger partial charge < -0.3 is 30.1 Å². The van der Waals surface area contributed by atoms with Crippen molar-refractivity contribution >= 4 is 18.0 Å². The molecule has 2 rings (SSSR count). The standard InChI is InChI=1S/C21H29NO8/c1-21(2,3)30-20(28)22-17(19(26)27)9-13(18(24)25)8-12-4-6-15(7-5-12)29-16-10-14(23)11-16/h4-7,13-14,16-17,23H,8-11H2,1-3H3,(H,22,28)(H,24,25)(H,26,27)/t13-,14-,16-,17-/m0/s1. The lowest BCUT2D eigenvalue weighted by Gasteiger charge is -2.31. The van der Waals surface area contributed by atoms with Crippen LogP contribution in [0.1, 0.15) is 45.6 Å². The van der Waals surface area contributed by atoms with E-state index in [4.69, 9.17) is 9.47 Å². The van der Waals surface area contributed by atoms with Gasteiger partial charge in [0.15, 0.2) is 0 Å². The molecule has 9 heteroatoms. The van der Waals surface area contributed by atoms with E-state index in [-0.39, 0.29) is 25.0 Å². The van der Waals surface area contributed by atoms with Crippen molar-refractivity contribution in [2.75, 3.05) is 0 Å². The maximum Gasteiger partial charge on any atom is 0.408 e. The third-order valence-corrected chi connectivity index (χ3v) is 4.64. The van der Waals surface area contributed by atoms with Gasteiger partial charge in [-0.1, -0.05) is 12.1 Å². The molecule has 1 saturated carbocycles. The number of hydrogen-bond donors (Lipinski definition) is 4. The fraction of sp³-hybridized carbons (Fsp3) is 0.571. The minimum Gasteiger partial charge on any atom is -0.490 e. The minimum atomic E-state index is -1.39. The number of carboxylic acids is 2. The zero-order valence-corrected chi connectivity index (χ0v) is 17.3. The van der Waals surface area contributed by atoms with E-state index in [1.807, 2.05) is 0 Å². The number of carbonyl (C=O) groups excluding carboxylic acids is 1. The summed E-state index contributed by atoms with van der Waals surface area (Å²) in [5.41, 5.74) is -0.106. The maximum absolute atomic E-state index is 11.9. The van der Waals surface area contributed by atoms with Crippen molar-refractivity contribution in [1.82, 2.24) is 5.32 Å². The first kappa shape index (κ1) is 23.5. The van der Waals surface area contributed by atoms with Crippen LogP contribution in [0.3, 0.4) is 0 Å². The molecule has 0 heterocycles. The first-order valence-electron chi connectivity index (χ1n) is 9.81. The second kappa shape index (κ2) is 9.80. The van der Waals surface area contributed by atoms with Gasteiger partial charge in [0.05, 0.1) is 12.0 Å². The third-order valence-electron chi connectivity index (χ3n) is 4.64. The first-order valence-corrected chi connectivity index (χ1v) is 9.81. The highest BCUT2D eigenvalue weighted by atomic mass is 16.6. The van der Waals surface area contributed by atoms with Gasteiger partial charge in [-0.2, -0.15) is 0 Å². The average Bonchev–Trinajstić information content (AvgIpc) is 2.58. The van der Waals surface area contributed by atoms with Gasteiger partial charge in [0.2, 0.25) is 0 Å². The summed E-state index contributed by atoms with van der Waals surface area (Å²) in [4.78, 5) is 35.1. The number of aliphatic carboxylic acids is 2. The Kier molecular flexibility index (Phi) is 7.66. The molecule has 1 aliphatic rings. The summed E-state index contributed by atoms with van der Waals surface area (Å²) >= 11 is 0. The zero-order valence-electron chi connectivity index (χ0n) is 17.3. The fourth-order valence-corrected chi connectivity index (χ4v) is 3.04. The summed E-state index contributed by atoms with van der Waals surface area (Å²) in [5, 5.41) is 30.5. The van der Waals surface area contributed by atoms with Crippen LogP contribution in [-0.2, 0) is 20.7 Å². The number of aliphatic hydroxyl groups is 1. The predicted octanol–water partition coefficient (Wildman–Crippen LogP) is 2.20. The van der Waals surface area contributed by atoms with E-state index >= 15 is 0 Å². The predicted molar refractivity (Wildman–Crippen MR) is 106 cm³/mol. The number of carbonyl (C=O) groups is 3. The molecule has 0 unspecified atom stereocenters. The van der Waals surface area contributed by atoms with Crippen LogP contribution in [0.15, 0.2) is 24.3 Å². The van der Waals surface area contributed by atoms with Crippen molar-refractivity contribution in [2.45, 2.75) is 70.3 Å². The smallest absolute Gasteiger partial charge is 0.408 e. The lowest BCUT2D eigenvalue weighted by Crippen LogP contribution is -2.45. The Morgan fingerprint density at radius 3 is 2.17 bits per heavy atom. The summed E-state index contributed by atoms with van der Waals surface area (Å²) in [6.45, 7) is 4.93. The highest BCUT2D eigenvalue weighted by molar-refractivity contribution is 5.81. The van der Waals surface area contributed by atoms with Gasteiger partial charge in [-0.3, -0.25) is 4.79 Å². The maximum atomic E-state index is 11.9. The van der Waals surface area contributed by atoms with Crippen molar-refractivity contribution in [3.05, 3.63) is 29.8 Å². The van der Waals surface area contributed by atoms with E-state index in [9.17, 15) is 29.7 Å². The molecular formula is C21H29NO8. The number of aliphatic hydroxyl groups excluding tert-OH is 1. The Bertz CT molecular complexity index is 749. The Balaban J connectivity index is 1.97. The van der Waals surface area contributed by atoms with E-state index in [0.29, 0.717) is 24.2 Å². The summed E-state index contributed by atoms with van der Waals surface area (Å²) in [5.74, 6) is -2.89. The van der Waals surface area contributed by atoms with E-state index in [1.165, 1.54) is 0 Å². The van der Waals surface area contributed by atoms with E-state index in [0.717, 1.165) is 0 Å². The molecule has 1 aromatic rings. The molecule has 30 heavy (non-hydrogen) atoms. The molecule has 0 radical (unpaired) electrons. The number of ether oxygens (including phenoxy) is 2. The Hall–Kier alpha value is -2.81. The zero-order chi connectivity index (χ0) is 22.5. The number of nitrogens with one attached hydrogen (secondary N) is 1. The van der Waals surface area contributed by atoms with Crippen LogP contribution < -0.4 is 10.1 Å². The number of rotatable bonds is 9. The van der Waals surface area contributed by atoms with Gasteiger partial charge in [-0.15, -0.1) is 0 Å². The third kappa shape index (κ3) is 7.55. The molecule has 2 atom stereocenters. The van der Waals surface area contributed by atoms with Crippen molar-refractivity contribution < 1.29 is 39.2 Å². The second-order valence-electron chi connectivity index (χ2n) is 8.52. The molecule has 1 fully saturated rings. The minimum absolute atomic E-state index is 0.0205. The molecular weight excluding hydrogens is 394 g/mol. The molecule has 9 nitrogen and oxygen atoms in total. The average molecular weight is 423 g/mol. The van der Waals surface area contributed by atoms with Gasteiger partial charge in [0.25, 0.3) is 0 Å². The normalized spacial score (nSPS) is 20.4. The van der Waals surface area contributed by atoms with Crippen LogP contribution in [-0.4, -0.2) is 57.2 Å². The van der Waals surface area contributed by atoms with Gasteiger partial charge in [0, 0.05) is 12.8 Å². The summed E-state index contributed by atoms with van der Waals surface area (Å²) in [7, 11) is 0. The van der Waals surface area contributed by atoms with Gasteiger partial charge in [0.1, 0.15) is 23.5 Å². The summed E-state index contributed by atoms with van der Waals surface area (Å²) in [6.07, 6.45) is -0.273. The van der Waals surface area contributed by atoms with Crippen LogP contribution in [0, 0.1) is 5.92 Å². The van der Waals surface area contributed by atoms with Gasteiger partial charge in [-0.05, 0) is 51.3 Å². The molecule has 1 aliphatic carbocycles. The molecule has 0 aliphatic heterocycles.